The number of carbonyl (C=O) groups excluding carboxylic acids is 5. The number of sulfone groups is 1. The number of rotatable bonds is 20. The van der Waals surface area contributed by atoms with Crippen LogP contribution >= 0.6 is 45.9 Å². The largest absolute Gasteiger partial charge is 0.481 e. The number of ketones is 1. The molecule has 4 amide bonds. The van der Waals surface area contributed by atoms with Crippen LogP contribution < -0.4 is 0 Å². The molecule has 6 aromatic rings. The number of likely N-dealkylation sites (tertiary alicyclic amines) is 2. The molecule has 72 heavy (non-hydrogen) atoms. The number of amides is 4. The third-order valence-electron chi connectivity index (χ3n) is 13.6. The standard InChI is InChI=1S/C28H31ClN2O5S2.C26H27ClN2O4S/c1-3-28(13-15-31(28)26(33)24-18-37-25-12-5-4-11-23(24)25)27(34)30(17-20-8-6-9-21(29)16-20)14-7-10-22(32)19-38(2,35)36;1-2-26(12-14-29(26)24(32)21-17-34-22-10-4-3-9-20(21)22)25(33)28(13-6-11-23(30)31)16-18-7-5-8-19(27)15-18/h4-6,8-9,11-12,16,18H,3,7,10,13-15,17,19H2,1-2H3;3-5,7-10,15,17H,2,6,11-14,16H2,1H3,(H,30,31). The Labute approximate surface area is 438 Å². The fourth-order valence-corrected chi connectivity index (χ4v) is 12.7. The van der Waals surface area contributed by atoms with E-state index in [2.05, 4.69) is 0 Å². The number of carboxylic acids is 1. The lowest BCUT2D eigenvalue weighted by atomic mass is 9.79. The molecule has 13 nitrogen and oxygen atoms in total. The second kappa shape index (κ2) is 23.5. The number of thiophene rings is 2. The second-order valence-corrected chi connectivity index (χ2v) is 23.2. The van der Waals surface area contributed by atoms with E-state index in [0.717, 1.165) is 37.6 Å². The molecular weight excluding hydrogens is 1020 g/mol. The number of Topliss-reactive ketones (excluding diaryl/α,β-unsaturated/α-hetero) is 1. The molecule has 18 heteroatoms. The first-order valence-corrected chi connectivity index (χ1v) is 28.5. The smallest absolute Gasteiger partial charge is 0.303 e. The van der Waals surface area contributed by atoms with E-state index in [0.29, 0.717) is 85.9 Å². The van der Waals surface area contributed by atoms with E-state index in [4.69, 9.17) is 28.3 Å². The van der Waals surface area contributed by atoms with Crippen LogP contribution in [0.25, 0.3) is 20.2 Å². The molecule has 4 heterocycles. The highest BCUT2D eigenvalue weighted by Crippen LogP contribution is 2.41. The molecule has 2 atom stereocenters. The minimum atomic E-state index is -3.41. The van der Waals surface area contributed by atoms with Gasteiger partial charge in [0, 0.05) is 99.3 Å². The zero-order valence-corrected chi connectivity index (χ0v) is 44.4. The summed E-state index contributed by atoms with van der Waals surface area (Å²) in [5.74, 6) is -2.38. The predicted molar refractivity (Wildman–Crippen MR) is 286 cm³/mol. The molecule has 4 aromatic carbocycles. The number of carboxylic acid groups (broad SMARTS) is 1. The van der Waals surface area contributed by atoms with Crippen LogP contribution in [0.3, 0.4) is 0 Å². The molecule has 2 fully saturated rings. The Morgan fingerprint density at radius 1 is 0.639 bits per heavy atom. The minimum absolute atomic E-state index is 0.0258. The first kappa shape index (κ1) is 54.1. The SMILES string of the molecule is CCC1(C(=O)N(CCCC(=O)CS(C)(=O)=O)Cc2cccc(Cl)c2)CCN1C(=O)c1csc2ccccc12.CCC1(C(=O)N(CCCC(=O)O)Cc2cccc(Cl)c2)CCN1C(=O)c1csc2ccccc12. The van der Waals surface area contributed by atoms with Gasteiger partial charge in [-0.3, -0.25) is 28.8 Å². The highest BCUT2D eigenvalue weighted by Gasteiger charge is 2.55. The summed E-state index contributed by atoms with van der Waals surface area (Å²) in [5, 5.41) is 15.7. The van der Waals surface area contributed by atoms with Gasteiger partial charge in [0.15, 0.2) is 9.84 Å². The van der Waals surface area contributed by atoms with E-state index in [1.807, 2.05) is 97.4 Å². The van der Waals surface area contributed by atoms with Crippen molar-refractivity contribution in [2.45, 2.75) is 89.4 Å². The minimum Gasteiger partial charge on any atom is -0.481 e. The lowest BCUT2D eigenvalue weighted by Crippen LogP contribution is -2.69. The molecule has 380 valence electrons. The van der Waals surface area contributed by atoms with Crippen molar-refractivity contribution < 1.29 is 42.3 Å². The fraction of sp³-hybridized carbons (Fsp3) is 0.370. The van der Waals surface area contributed by atoms with Crippen LogP contribution in [0.2, 0.25) is 10.0 Å². The van der Waals surface area contributed by atoms with Gasteiger partial charge in [-0.05, 0) is 86.1 Å². The maximum absolute atomic E-state index is 14.1. The molecule has 0 saturated carbocycles. The number of benzene rings is 4. The van der Waals surface area contributed by atoms with E-state index in [1.165, 1.54) is 22.7 Å². The maximum Gasteiger partial charge on any atom is 0.303 e. The van der Waals surface area contributed by atoms with E-state index in [1.54, 1.807) is 43.9 Å². The maximum atomic E-state index is 14.1. The van der Waals surface area contributed by atoms with Gasteiger partial charge in [0.1, 0.15) is 22.6 Å². The van der Waals surface area contributed by atoms with Gasteiger partial charge in [0.2, 0.25) is 11.8 Å². The summed E-state index contributed by atoms with van der Waals surface area (Å²) in [6.45, 7) is 5.97. The van der Waals surface area contributed by atoms with Crippen molar-refractivity contribution in [2.75, 3.05) is 38.2 Å². The highest BCUT2D eigenvalue weighted by molar-refractivity contribution is 7.91. The van der Waals surface area contributed by atoms with Crippen molar-refractivity contribution >= 4 is 111 Å². The van der Waals surface area contributed by atoms with Gasteiger partial charge < -0.3 is 24.7 Å². The highest BCUT2D eigenvalue weighted by atomic mass is 35.5. The van der Waals surface area contributed by atoms with Crippen molar-refractivity contribution in [2.24, 2.45) is 0 Å². The summed E-state index contributed by atoms with van der Waals surface area (Å²) in [7, 11) is -3.41. The number of aliphatic carboxylic acids is 1. The van der Waals surface area contributed by atoms with E-state index in [9.17, 15) is 37.2 Å². The van der Waals surface area contributed by atoms with Crippen molar-refractivity contribution in [3.63, 3.8) is 0 Å². The number of fused-ring (bicyclic) bond motifs is 2. The van der Waals surface area contributed by atoms with E-state index in [-0.39, 0.29) is 55.3 Å². The summed E-state index contributed by atoms with van der Waals surface area (Å²) in [6.07, 6.45) is 3.80. The number of hydrogen-bond donors (Lipinski definition) is 1. The molecule has 0 aliphatic carbocycles. The third-order valence-corrected chi connectivity index (χ3v) is 16.9. The molecule has 0 radical (unpaired) electrons. The molecule has 2 saturated heterocycles. The summed E-state index contributed by atoms with van der Waals surface area (Å²) in [6, 6.07) is 30.0. The van der Waals surface area contributed by atoms with Gasteiger partial charge in [0.05, 0.1) is 11.1 Å². The zero-order chi connectivity index (χ0) is 51.8. The van der Waals surface area contributed by atoms with Crippen LogP contribution in [0.5, 0.6) is 0 Å². The van der Waals surface area contributed by atoms with Crippen LogP contribution in [0, 0.1) is 0 Å². The topological polar surface area (TPSA) is 170 Å². The Kier molecular flexibility index (Phi) is 17.7. The van der Waals surface area contributed by atoms with Crippen LogP contribution in [-0.2, 0) is 42.1 Å². The Morgan fingerprint density at radius 3 is 1.44 bits per heavy atom. The van der Waals surface area contributed by atoms with Crippen molar-refractivity contribution in [1.29, 1.82) is 0 Å². The summed E-state index contributed by atoms with van der Waals surface area (Å²) in [4.78, 5) is 85.3. The first-order chi connectivity index (χ1) is 34.4. The fourth-order valence-electron chi connectivity index (χ4n) is 9.70. The zero-order valence-electron chi connectivity index (χ0n) is 40.5. The van der Waals surface area contributed by atoms with E-state index >= 15 is 0 Å². The van der Waals surface area contributed by atoms with Gasteiger partial charge in [-0.15, -0.1) is 22.7 Å². The normalized spacial score (nSPS) is 17.3. The molecule has 2 aliphatic rings. The van der Waals surface area contributed by atoms with Gasteiger partial charge in [0.25, 0.3) is 11.8 Å². The summed E-state index contributed by atoms with van der Waals surface area (Å²) >= 11 is 15.4. The number of carbonyl (C=O) groups is 6. The Hall–Kier alpha value is -5.65. The predicted octanol–water partition coefficient (Wildman–Crippen LogP) is 10.4. The van der Waals surface area contributed by atoms with Crippen LogP contribution in [0.1, 0.15) is 97.1 Å². The van der Waals surface area contributed by atoms with Crippen LogP contribution in [0.4, 0.5) is 0 Å². The molecular formula is C54H58Cl2N4O9S3. The van der Waals surface area contributed by atoms with Gasteiger partial charge in [-0.2, -0.15) is 0 Å². The van der Waals surface area contributed by atoms with Gasteiger partial charge in [-0.1, -0.05) is 97.7 Å². The third kappa shape index (κ3) is 12.2. The molecule has 2 aromatic heterocycles. The summed E-state index contributed by atoms with van der Waals surface area (Å²) in [5.41, 5.74) is 1.02. The molecule has 1 N–H and O–H groups in total. The Balaban J connectivity index is 0.000000213. The van der Waals surface area contributed by atoms with Crippen molar-refractivity contribution in [3.8, 4) is 0 Å². The molecule has 0 spiro atoms. The van der Waals surface area contributed by atoms with Gasteiger partial charge in [-0.25, -0.2) is 8.42 Å². The monoisotopic (exact) mass is 1070 g/mol. The lowest BCUT2D eigenvalue weighted by Gasteiger charge is -2.52. The molecule has 2 aliphatic heterocycles. The lowest BCUT2D eigenvalue weighted by molar-refractivity contribution is -0.152. The first-order valence-electron chi connectivity index (χ1n) is 23.9. The average molecular weight is 1070 g/mol. The van der Waals surface area contributed by atoms with Crippen LogP contribution in [-0.4, -0.2) is 118 Å². The second-order valence-electron chi connectivity index (χ2n) is 18.4. The number of hydrogen-bond acceptors (Lipinski definition) is 10. The van der Waals surface area contributed by atoms with Crippen molar-refractivity contribution in [1.82, 2.24) is 19.6 Å². The Morgan fingerprint density at radius 2 is 1.07 bits per heavy atom. The molecule has 0 bridgehead atoms. The molecule has 2 unspecified atom stereocenters. The summed E-state index contributed by atoms with van der Waals surface area (Å²) < 4.78 is 25.0. The molecule has 8 rings (SSSR count). The van der Waals surface area contributed by atoms with Gasteiger partial charge >= 0.3 is 5.97 Å². The van der Waals surface area contributed by atoms with E-state index < -0.39 is 32.6 Å². The number of halogens is 2. The number of nitrogens with zero attached hydrogens (tertiary/aromatic N) is 4. The average Bonchev–Trinajstić information content (AvgIpc) is 3.96. The van der Waals surface area contributed by atoms with Crippen molar-refractivity contribution in [3.05, 3.63) is 140 Å². The Bertz CT molecular complexity index is 3100. The quantitative estimate of drug-likeness (QED) is 0.0782. The van der Waals surface area contributed by atoms with Crippen LogP contribution in [0.15, 0.2) is 108 Å².